The van der Waals surface area contributed by atoms with Crippen molar-refractivity contribution in [3.05, 3.63) is 88.7 Å². The molecule has 0 radical (unpaired) electrons. The molecular formula is C30H29F3N6O6. The number of piperazine rings is 1. The Kier molecular flexibility index (Phi) is 8.60. The van der Waals surface area contributed by atoms with Crippen LogP contribution < -0.4 is 23.8 Å². The van der Waals surface area contributed by atoms with Crippen LogP contribution in [-0.2, 0) is 13.1 Å². The molecule has 1 fully saturated rings. The molecule has 4 aromatic rings. The van der Waals surface area contributed by atoms with Crippen molar-refractivity contribution >= 4 is 11.5 Å². The quantitative estimate of drug-likeness (QED) is 0.167. The molecule has 6 rings (SSSR count). The summed E-state index contributed by atoms with van der Waals surface area (Å²) in [5, 5.41) is 10.9. The SMILES string of the molecule is O=[N+]([O-])c1cn2c(n1)OC(COc1ccc(N3CCN(Cc4ccc(Oc5ccc(OC(F)(F)F)cc5)nc4)CC3)cc1)CC2. The zero-order valence-corrected chi connectivity index (χ0v) is 23.9. The Morgan fingerprint density at radius 1 is 0.933 bits per heavy atom. The topological polar surface area (TPSA) is 117 Å². The third kappa shape index (κ3) is 7.92. The van der Waals surface area contributed by atoms with E-state index in [1.54, 1.807) is 16.8 Å². The molecule has 4 heterocycles. The van der Waals surface area contributed by atoms with Crippen molar-refractivity contribution in [2.24, 2.45) is 0 Å². The fraction of sp³-hybridized carbons (Fsp3) is 0.333. The molecule has 12 nitrogen and oxygen atoms in total. The van der Waals surface area contributed by atoms with E-state index in [0.29, 0.717) is 37.0 Å². The Hall–Kier alpha value is -5.05. The number of benzene rings is 2. The molecule has 1 unspecified atom stereocenters. The number of pyridine rings is 1. The van der Waals surface area contributed by atoms with Crippen LogP contribution in [0.1, 0.15) is 12.0 Å². The number of hydrogen-bond acceptors (Lipinski definition) is 10. The Morgan fingerprint density at radius 3 is 2.31 bits per heavy atom. The fourth-order valence-corrected chi connectivity index (χ4v) is 5.10. The van der Waals surface area contributed by atoms with Crippen molar-refractivity contribution in [2.75, 3.05) is 37.7 Å². The first kappa shape index (κ1) is 30.0. The molecule has 2 aliphatic heterocycles. The first-order valence-electron chi connectivity index (χ1n) is 14.2. The van der Waals surface area contributed by atoms with Crippen molar-refractivity contribution in [1.82, 2.24) is 19.4 Å². The minimum atomic E-state index is -4.74. The number of rotatable bonds is 10. The smallest absolute Gasteiger partial charge is 0.490 e. The van der Waals surface area contributed by atoms with Crippen LogP contribution in [0.4, 0.5) is 24.7 Å². The molecule has 2 aromatic heterocycles. The second-order valence-electron chi connectivity index (χ2n) is 10.6. The highest BCUT2D eigenvalue weighted by atomic mass is 19.4. The first-order chi connectivity index (χ1) is 21.7. The first-order valence-corrected chi connectivity index (χ1v) is 14.2. The van der Waals surface area contributed by atoms with Crippen molar-refractivity contribution in [2.45, 2.75) is 32.0 Å². The lowest BCUT2D eigenvalue weighted by Crippen LogP contribution is -2.45. The number of ether oxygens (including phenoxy) is 4. The normalized spacial score (nSPS) is 16.9. The fourth-order valence-electron chi connectivity index (χ4n) is 5.10. The van der Waals surface area contributed by atoms with Crippen LogP contribution in [0.5, 0.6) is 29.1 Å². The van der Waals surface area contributed by atoms with E-state index in [2.05, 4.69) is 24.5 Å². The number of nitrogens with zero attached hydrogens (tertiary/aromatic N) is 6. The van der Waals surface area contributed by atoms with E-state index >= 15 is 0 Å². The minimum Gasteiger partial charge on any atom is -0.490 e. The van der Waals surface area contributed by atoms with Crippen LogP contribution in [-0.4, -0.2) is 69.6 Å². The van der Waals surface area contributed by atoms with Crippen LogP contribution in [0.15, 0.2) is 73.1 Å². The number of anilines is 1. The summed E-state index contributed by atoms with van der Waals surface area (Å²) in [7, 11) is 0. The molecule has 2 aliphatic rings. The maximum absolute atomic E-state index is 12.3. The average molecular weight is 627 g/mol. The summed E-state index contributed by atoms with van der Waals surface area (Å²) in [6.07, 6.45) is -1.21. The van der Waals surface area contributed by atoms with E-state index in [9.17, 15) is 23.3 Å². The number of imidazole rings is 1. The molecule has 2 aromatic carbocycles. The highest BCUT2D eigenvalue weighted by molar-refractivity contribution is 5.49. The monoisotopic (exact) mass is 626 g/mol. The van der Waals surface area contributed by atoms with Crippen LogP contribution >= 0.6 is 0 Å². The predicted molar refractivity (Wildman–Crippen MR) is 155 cm³/mol. The molecule has 45 heavy (non-hydrogen) atoms. The van der Waals surface area contributed by atoms with Gasteiger partial charge >= 0.3 is 18.2 Å². The van der Waals surface area contributed by atoms with Gasteiger partial charge in [0.1, 0.15) is 36.2 Å². The van der Waals surface area contributed by atoms with Crippen LogP contribution in [0, 0.1) is 10.1 Å². The molecule has 0 bridgehead atoms. The maximum Gasteiger partial charge on any atom is 0.573 e. The largest absolute Gasteiger partial charge is 0.573 e. The van der Waals surface area contributed by atoms with Gasteiger partial charge in [-0.2, -0.15) is 0 Å². The zero-order valence-electron chi connectivity index (χ0n) is 23.9. The summed E-state index contributed by atoms with van der Waals surface area (Å²) in [4.78, 5) is 23.3. The van der Waals surface area contributed by atoms with Gasteiger partial charge in [0.15, 0.2) is 0 Å². The van der Waals surface area contributed by atoms with Gasteiger partial charge in [-0.3, -0.25) is 9.47 Å². The number of halogens is 3. The number of hydrogen-bond donors (Lipinski definition) is 0. The Balaban J connectivity index is 0.925. The maximum atomic E-state index is 12.3. The van der Waals surface area contributed by atoms with Crippen LogP contribution in [0.3, 0.4) is 0 Å². The minimum absolute atomic E-state index is 0.227. The van der Waals surface area contributed by atoms with Crippen molar-refractivity contribution < 1.29 is 37.0 Å². The Morgan fingerprint density at radius 2 is 1.64 bits per heavy atom. The third-order valence-electron chi connectivity index (χ3n) is 7.37. The lowest BCUT2D eigenvalue weighted by molar-refractivity contribution is -0.389. The van der Waals surface area contributed by atoms with Gasteiger partial charge in [-0.05, 0) is 59.0 Å². The van der Waals surface area contributed by atoms with Crippen molar-refractivity contribution in [3.8, 4) is 29.1 Å². The summed E-state index contributed by atoms with van der Waals surface area (Å²) in [6.45, 7) is 5.08. The lowest BCUT2D eigenvalue weighted by atomic mass is 10.2. The van der Waals surface area contributed by atoms with Crippen LogP contribution in [0.2, 0.25) is 0 Å². The van der Waals surface area contributed by atoms with Crippen molar-refractivity contribution in [1.29, 1.82) is 0 Å². The summed E-state index contributed by atoms with van der Waals surface area (Å²) in [5.74, 6) is 0.857. The van der Waals surface area contributed by atoms with E-state index in [1.165, 1.54) is 30.5 Å². The average Bonchev–Trinajstić information content (AvgIpc) is 3.46. The highest BCUT2D eigenvalue weighted by Gasteiger charge is 2.31. The molecule has 1 atom stereocenters. The zero-order chi connectivity index (χ0) is 31.4. The van der Waals surface area contributed by atoms with Gasteiger partial charge in [0.2, 0.25) is 5.88 Å². The van der Waals surface area contributed by atoms with Gasteiger partial charge in [-0.25, -0.2) is 4.98 Å². The molecule has 15 heteroatoms. The lowest BCUT2D eigenvalue weighted by Gasteiger charge is -2.36. The number of nitro groups is 1. The Labute approximate surface area is 255 Å². The van der Waals surface area contributed by atoms with E-state index in [4.69, 9.17) is 14.2 Å². The summed E-state index contributed by atoms with van der Waals surface area (Å²) >= 11 is 0. The Bertz CT molecular complexity index is 1590. The second-order valence-corrected chi connectivity index (χ2v) is 10.6. The third-order valence-corrected chi connectivity index (χ3v) is 7.37. The second kappa shape index (κ2) is 12.9. The molecular weight excluding hydrogens is 597 g/mol. The van der Waals surface area contributed by atoms with Gasteiger partial charge in [-0.15, -0.1) is 13.2 Å². The van der Waals surface area contributed by atoms with E-state index < -0.39 is 11.3 Å². The van der Waals surface area contributed by atoms with Gasteiger partial charge in [0.05, 0.1) is 0 Å². The van der Waals surface area contributed by atoms with Crippen molar-refractivity contribution in [3.63, 3.8) is 0 Å². The van der Waals surface area contributed by atoms with E-state index in [1.807, 2.05) is 30.3 Å². The van der Waals surface area contributed by atoms with Gasteiger partial charge in [-0.1, -0.05) is 6.07 Å². The standard InChI is InChI=1S/C30H29F3N6O6/c31-30(32,33)45-25-8-6-24(7-9-25)43-28-10-1-21(17-34-28)18-36-13-15-37(16-14-36)22-2-4-23(5-3-22)42-20-26-11-12-38-19-27(39(40)41)35-29(38)44-26/h1-10,17,19,26H,11-16,18,20H2. The predicted octanol–water partition coefficient (Wildman–Crippen LogP) is 5.43. The van der Waals surface area contributed by atoms with E-state index in [-0.39, 0.29) is 23.7 Å². The molecule has 0 amide bonds. The molecule has 0 aliphatic carbocycles. The number of fused-ring (bicyclic) bond motifs is 1. The summed E-state index contributed by atoms with van der Waals surface area (Å²) < 4.78 is 59.8. The molecule has 0 spiro atoms. The molecule has 236 valence electrons. The summed E-state index contributed by atoms with van der Waals surface area (Å²) in [5.41, 5.74) is 2.13. The van der Waals surface area contributed by atoms with Gasteiger partial charge < -0.3 is 34.0 Å². The number of aryl methyl sites for hydroxylation is 1. The van der Waals surface area contributed by atoms with E-state index in [0.717, 1.165) is 44.0 Å². The van der Waals surface area contributed by atoms with Gasteiger partial charge in [0.25, 0.3) is 0 Å². The summed E-state index contributed by atoms with van der Waals surface area (Å²) in [6, 6.07) is 16.9. The van der Waals surface area contributed by atoms with Crippen LogP contribution in [0.25, 0.3) is 0 Å². The molecule has 1 saturated heterocycles. The number of aromatic nitrogens is 3. The number of alkyl halides is 3. The molecule has 0 N–H and O–H groups in total. The molecule has 0 saturated carbocycles. The van der Waals surface area contributed by atoms with Gasteiger partial charge in [0, 0.05) is 68.6 Å². The highest BCUT2D eigenvalue weighted by Crippen LogP contribution is 2.28.